The lowest BCUT2D eigenvalue weighted by molar-refractivity contribution is -0.136. The van der Waals surface area contributed by atoms with E-state index < -0.39 is 23.7 Å². The standard InChI is InChI=1S/C19H27NO5.CH2O2/c1-24-14-6-4-13(5-7-14)19(9-2-3-10-19)18(23)20-15-8-11-25-16(12-21)17(15)22;2-1-3/h4-7,15-17,21-22H,2-3,8-12H2,1H3,(H,20,23);1H,(H,2,3)/t15-,16+,17-;/m0./s1. The lowest BCUT2D eigenvalue weighted by atomic mass is 9.77. The van der Waals surface area contributed by atoms with Crippen LogP contribution in [-0.4, -0.2) is 66.3 Å². The van der Waals surface area contributed by atoms with Gasteiger partial charge in [0.25, 0.3) is 6.47 Å². The fraction of sp³-hybridized carbons (Fsp3) is 0.600. The number of methoxy groups -OCH3 is 1. The third-order valence-corrected chi connectivity index (χ3v) is 5.58. The smallest absolute Gasteiger partial charge is 0.290 e. The van der Waals surface area contributed by atoms with Crippen LogP contribution in [0.1, 0.15) is 37.7 Å². The first kappa shape index (κ1) is 22.1. The zero-order chi connectivity index (χ0) is 20.6. The predicted molar refractivity (Wildman–Crippen MR) is 101 cm³/mol. The van der Waals surface area contributed by atoms with E-state index in [0.29, 0.717) is 13.0 Å². The van der Waals surface area contributed by atoms with Crippen molar-refractivity contribution in [1.82, 2.24) is 5.32 Å². The Morgan fingerprint density at radius 2 is 1.93 bits per heavy atom. The molecule has 1 aromatic carbocycles. The van der Waals surface area contributed by atoms with Gasteiger partial charge in [-0.05, 0) is 37.0 Å². The maximum Gasteiger partial charge on any atom is 0.290 e. The second-order valence-corrected chi connectivity index (χ2v) is 7.07. The number of aliphatic hydroxyl groups excluding tert-OH is 2. The van der Waals surface area contributed by atoms with Crippen LogP contribution in [0, 0.1) is 0 Å². The molecule has 1 saturated heterocycles. The number of hydrogen-bond acceptors (Lipinski definition) is 6. The number of hydrogen-bond donors (Lipinski definition) is 4. The lowest BCUT2D eigenvalue weighted by Gasteiger charge is -2.37. The highest BCUT2D eigenvalue weighted by atomic mass is 16.5. The maximum atomic E-state index is 13.2. The number of carboxylic acid groups (broad SMARTS) is 1. The molecule has 8 heteroatoms. The number of nitrogens with one attached hydrogen (secondary N) is 1. The summed E-state index contributed by atoms with van der Waals surface area (Å²) in [7, 11) is 1.62. The highest BCUT2D eigenvalue weighted by Crippen LogP contribution is 2.42. The largest absolute Gasteiger partial charge is 0.497 e. The number of ether oxygens (including phenoxy) is 2. The number of rotatable bonds is 5. The fourth-order valence-electron chi connectivity index (χ4n) is 4.04. The summed E-state index contributed by atoms with van der Waals surface area (Å²) in [6, 6.07) is 7.29. The molecule has 8 nitrogen and oxygen atoms in total. The Bertz CT molecular complexity index is 628. The van der Waals surface area contributed by atoms with Gasteiger partial charge in [0.05, 0.1) is 25.2 Å². The first-order valence-electron chi connectivity index (χ1n) is 9.46. The van der Waals surface area contributed by atoms with Crippen LogP contribution in [0.15, 0.2) is 24.3 Å². The summed E-state index contributed by atoms with van der Waals surface area (Å²) in [5.74, 6) is 0.723. The summed E-state index contributed by atoms with van der Waals surface area (Å²) in [6.07, 6.45) is 2.63. The van der Waals surface area contributed by atoms with Crippen LogP contribution in [-0.2, 0) is 19.7 Å². The summed E-state index contributed by atoms with van der Waals surface area (Å²) in [5, 5.41) is 29.5. The second-order valence-electron chi connectivity index (χ2n) is 7.07. The van der Waals surface area contributed by atoms with E-state index in [2.05, 4.69) is 5.32 Å². The Balaban J connectivity index is 0.000000878. The van der Waals surface area contributed by atoms with Gasteiger partial charge in [0.2, 0.25) is 5.91 Å². The zero-order valence-electron chi connectivity index (χ0n) is 16.0. The quantitative estimate of drug-likeness (QED) is 0.544. The first-order valence-corrected chi connectivity index (χ1v) is 9.46. The molecule has 1 saturated carbocycles. The molecule has 28 heavy (non-hydrogen) atoms. The third kappa shape index (κ3) is 4.81. The molecule has 0 bridgehead atoms. The molecule has 1 aliphatic carbocycles. The molecule has 4 N–H and O–H groups in total. The minimum absolute atomic E-state index is 0.0437. The molecule has 3 rings (SSSR count). The van der Waals surface area contributed by atoms with Gasteiger partial charge in [-0.3, -0.25) is 9.59 Å². The van der Waals surface area contributed by atoms with Crippen molar-refractivity contribution in [1.29, 1.82) is 0 Å². The van der Waals surface area contributed by atoms with E-state index in [1.54, 1.807) is 7.11 Å². The number of amides is 1. The van der Waals surface area contributed by atoms with Crippen molar-refractivity contribution in [3.05, 3.63) is 29.8 Å². The van der Waals surface area contributed by atoms with E-state index in [1.807, 2.05) is 24.3 Å². The zero-order valence-corrected chi connectivity index (χ0v) is 16.0. The van der Waals surface area contributed by atoms with E-state index in [4.69, 9.17) is 19.4 Å². The van der Waals surface area contributed by atoms with Crippen molar-refractivity contribution in [2.24, 2.45) is 0 Å². The van der Waals surface area contributed by atoms with Crippen LogP contribution in [0.2, 0.25) is 0 Å². The number of benzene rings is 1. The third-order valence-electron chi connectivity index (χ3n) is 5.58. The van der Waals surface area contributed by atoms with Crippen molar-refractivity contribution in [2.75, 3.05) is 20.3 Å². The Kier molecular flexibility index (Phi) is 8.22. The average Bonchev–Trinajstić information content (AvgIpc) is 3.21. The van der Waals surface area contributed by atoms with Crippen molar-refractivity contribution in [3.8, 4) is 5.75 Å². The van der Waals surface area contributed by atoms with Gasteiger partial charge in [-0.2, -0.15) is 0 Å². The molecule has 1 aliphatic heterocycles. The van der Waals surface area contributed by atoms with Gasteiger partial charge >= 0.3 is 0 Å². The van der Waals surface area contributed by atoms with Crippen LogP contribution >= 0.6 is 0 Å². The average molecular weight is 395 g/mol. The highest BCUT2D eigenvalue weighted by molar-refractivity contribution is 5.89. The Hall–Kier alpha value is -2.16. The lowest BCUT2D eigenvalue weighted by Crippen LogP contribution is -2.57. The van der Waals surface area contributed by atoms with Crippen LogP contribution in [0.5, 0.6) is 5.75 Å². The topological polar surface area (TPSA) is 125 Å². The molecular formula is C20H29NO7. The summed E-state index contributed by atoms with van der Waals surface area (Å²) >= 11 is 0. The summed E-state index contributed by atoms with van der Waals surface area (Å²) in [4.78, 5) is 21.5. The first-order chi connectivity index (χ1) is 13.5. The van der Waals surface area contributed by atoms with Gasteiger partial charge < -0.3 is 30.1 Å². The van der Waals surface area contributed by atoms with Gasteiger partial charge in [-0.15, -0.1) is 0 Å². The Labute approximate surface area is 164 Å². The molecule has 0 radical (unpaired) electrons. The Morgan fingerprint density at radius 3 is 2.46 bits per heavy atom. The molecule has 0 spiro atoms. The van der Waals surface area contributed by atoms with Crippen molar-refractivity contribution < 1.29 is 34.4 Å². The van der Waals surface area contributed by atoms with Gasteiger partial charge in [0, 0.05) is 6.61 Å². The molecular weight excluding hydrogens is 366 g/mol. The molecule has 1 amide bonds. The monoisotopic (exact) mass is 395 g/mol. The van der Waals surface area contributed by atoms with Crippen LogP contribution in [0.3, 0.4) is 0 Å². The number of aliphatic hydroxyl groups is 2. The van der Waals surface area contributed by atoms with Gasteiger partial charge in [0.1, 0.15) is 18.0 Å². The van der Waals surface area contributed by atoms with Crippen molar-refractivity contribution >= 4 is 12.4 Å². The maximum absolute atomic E-state index is 13.2. The van der Waals surface area contributed by atoms with Crippen LogP contribution in [0.4, 0.5) is 0 Å². The summed E-state index contributed by atoms with van der Waals surface area (Å²) in [5.41, 5.74) is 0.433. The van der Waals surface area contributed by atoms with E-state index in [1.165, 1.54) is 0 Å². The van der Waals surface area contributed by atoms with Gasteiger partial charge in [0.15, 0.2) is 0 Å². The fourth-order valence-corrected chi connectivity index (χ4v) is 4.04. The predicted octanol–water partition coefficient (Wildman–Crippen LogP) is 0.835. The van der Waals surface area contributed by atoms with Crippen LogP contribution < -0.4 is 10.1 Å². The summed E-state index contributed by atoms with van der Waals surface area (Å²) < 4.78 is 10.6. The SMILES string of the molecule is COc1ccc(C2(C(=O)N[C@H]3CCO[C@H](CO)[C@H]3O)CCCC2)cc1.O=CO. The highest BCUT2D eigenvalue weighted by Gasteiger charge is 2.44. The number of carbonyl (C=O) groups is 2. The van der Waals surface area contributed by atoms with Gasteiger partial charge in [-0.25, -0.2) is 0 Å². The van der Waals surface area contributed by atoms with Crippen molar-refractivity contribution in [3.63, 3.8) is 0 Å². The van der Waals surface area contributed by atoms with E-state index in [0.717, 1.165) is 37.0 Å². The minimum Gasteiger partial charge on any atom is -0.497 e. The van der Waals surface area contributed by atoms with Crippen molar-refractivity contribution in [2.45, 2.75) is 55.8 Å². The molecule has 1 aromatic rings. The van der Waals surface area contributed by atoms with Gasteiger partial charge in [-0.1, -0.05) is 25.0 Å². The van der Waals surface area contributed by atoms with E-state index in [9.17, 15) is 15.0 Å². The molecule has 2 fully saturated rings. The molecule has 0 unspecified atom stereocenters. The molecule has 3 atom stereocenters. The molecule has 2 aliphatic rings. The minimum atomic E-state index is -0.892. The van der Waals surface area contributed by atoms with Crippen LogP contribution in [0.25, 0.3) is 0 Å². The normalized spacial score (nSPS) is 25.9. The second kappa shape index (κ2) is 10.4. The molecule has 156 valence electrons. The molecule has 1 heterocycles. The van der Waals surface area contributed by atoms with E-state index >= 15 is 0 Å². The van der Waals surface area contributed by atoms with E-state index in [-0.39, 0.29) is 19.0 Å². The summed E-state index contributed by atoms with van der Waals surface area (Å²) in [6.45, 7) is -0.0834. The molecule has 0 aromatic heterocycles. The number of carbonyl (C=O) groups excluding carboxylic acids is 1. The Morgan fingerprint density at radius 1 is 1.32 bits per heavy atom.